The molecular weight excluding hydrogens is 501 g/mol. The molecule has 0 spiro atoms. The monoisotopic (exact) mass is 535 g/mol. The zero-order valence-corrected chi connectivity index (χ0v) is 22.7. The van der Waals surface area contributed by atoms with Crippen LogP contribution < -0.4 is 5.32 Å². The molecular formula is C30H34FN3O3S. The molecule has 0 radical (unpaired) electrons. The molecule has 2 aliphatic carbocycles. The molecule has 2 N–H and O–H groups in total. The number of halogens is 1. The van der Waals surface area contributed by atoms with E-state index in [1.165, 1.54) is 17.7 Å². The summed E-state index contributed by atoms with van der Waals surface area (Å²) in [6.45, 7) is 2.63. The number of aromatic nitrogens is 2. The first-order valence-electron chi connectivity index (χ1n) is 13.3. The van der Waals surface area contributed by atoms with E-state index in [2.05, 4.69) is 39.6 Å². The van der Waals surface area contributed by atoms with Gasteiger partial charge >= 0.3 is 0 Å². The number of carbonyl (C=O) groups excluding carboxylic acids is 1. The quantitative estimate of drug-likeness (QED) is 0.390. The minimum Gasteiger partial charge on any atom is -0.356 e. The number of rotatable bonds is 7. The molecule has 1 amide bonds. The molecule has 3 aromatic rings. The number of hydrogen-bond acceptors (Lipinski definition) is 4. The molecule has 0 aliphatic heterocycles. The number of carbonyl (C=O) groups is 1. The normalized spacial score (nSPS) is 22.1. The molecule has 0 bridgehead atoms. The number of nitrogens with one attached hydrogen (secondary N) is 2. The first-order valence-corrected chi connectivity index (χ1v) is 15.2. The van der Waals surface area contributed by atoms with Gasteiger partial charge in [0.1, 0.15) is 12.0 Å². The van der Waals surface area contributed by atoms with E-state index in [9.17, 15) is 13.2 Å². The number of hydrogen-bond donors (Lipinski definition) is 2. The van der Waals surface area contributed by atoms with Gasteiger partial charge in [-0.2, -0.15) is 0 Å². The summed E-state index contributed by atoms with van der Waals surface area (Å²) in [7, 11) is -3.34. The standard InChI is InChI=1S/C30H34FN3O3S/c1-3-32-29(35)16-19-4-6-20(7-5-19)21-8-10-22(11-9-21)23-12-14-25(26(31)17-23)30-33-27-15-13-24(38(2,36)37)18-28(27)34-30/h8-15,18-20,26H,3-7,16-17H2,1-2H3,(H,32,35)(H,33,34). The highest BCUT2D eigenvalue weighted by atomic mass is 32.2. The lowest BCUT2D eigenvalue weighted by molar-refractivity contribution is -0.122. The fourth-order valence-electron chi connectivity index (χ4n) is 5.66. The van der Waals surface area contributed by atoms with E-state index in [0.29, 0.717) is 47.2 Å². The highest BCUT2D eigenvalue weighted by molar-refractivity contribution is 7.90. The Morgan fingerprint density at radius 1 is 1.08 bits per heavy atom. The van der Waals surface area contributed by atoms with Gasteiger partial charge in [-0.1, -0.05) is 36.4 Å². The maximum atomic E-state index is 15.3. The third-order valence-corrected chi connectivity index (χ3v) is 8.91. The van der Waals surface area contributed by atoms with Crippen LogP contribution in [0.1, 0.15) is 68.3 Å². The molecule has 38 heavy (non-hydrogen) atoms. The maximum absolute atomic E-state index is 15.3. The smallest absolute Gasteiger partial charge is 0.220 e. The summed E-state index contributed by atoms with van der Waals surface area (Å²) in [5.41, 5.74) is 4.90. The van der Waals surface area contributed by atoms with Crippen molar-refractivity contribution in [2.24, 2.45) is 5.92 Å². The summed E-state index contributed by atoms with van der Waals surface area (Å²) >= 11 is 0. The number of imidazole rings is 1. The van der Waals surface area contributed by atoms with Crippen LogP contribution in [0.15, 0.2) is 59.5 Å². The van der Waals surface area contributed by atoms with Crippen molar-refractivity contribution >= 4 is 37.9 Å². The summed E-state index contributed by atoms with van der Waals surface area (Å²) in [6.07, 6.45) is 8.86. The average Bonchev–Trinajstić information content (AvgIpc) is 3.32. The molecule has 8 heteroatoms. The van der Waals surface area contributed by atoms with Crippen LogP contribution in [0.3, 0.4) is 0 Å². The van der Waals surface area contributed by atoms with Gasteiger partial charge in [0.15, 0.2) is 9.84 Å². The number of benzene rings is 2. The Hall–Kier alpha value is -3.26. The van der Waals surface area contributed by atoms with Crippen molar-refractivity contribution in [3.05, 3.63) is 71.6 Å². The Morgan fingerprint density at radius 3 is 2.47 bits per heavy atom. The van der Waals surface area contributed by atoms with Gasteiger partial charge in [-0.3, -0.25) is 4.79 Å². The number of nitrogens with zero attached hydrogens (tertiary/aromatic N) is 1. The molecule has 1 heterocycles. The van der Waals surface area contributed by atoms with Gasteiger partial charge in [0.25, 0.3) is 0 Å². The van der Waals surface area contributed by atoms with Crippen LogP contribution in [0, 0.1) is 5.92 Å². The van der Waals surface area contributed by atoms with E-state index >= 15 is 4.39 Å². The first-order chi connectivity index (χ1) is 18.2. The van der Waals surface area contributed by atoms with Crippen molar-refractivity contribution < 1.29 is 17.6 Å². The first kappa shape index (κ1) is 26.4. The molecule has 2 aromatic carbocycles. The van der Waals surface area contributed by atoms with Crippen LogP contribution in [0.25, 0.3) is 22.2 Å². The number of H-pyrrole nitrogens is 1. The molecule has 5 rings (SSSR count). The Balaban J connectivity index is 1.26. The Morgan fingerprint density at radius 2 is 1.82 bits per heavy atom. The van der Waals surface area contributed by atoms with Gasteiger partial charge in [0, 0.05) is 31.2 Å². The molecule has 1 unspecified atom stereocenters. The largest absolute Gasteiger partial charge is 0.356 e. The van der Waals surface area contributed by atoms with Crippen LogP contribution in [-0.2, 0) is 14.6 Å². The van der Waals surface area contributed by atoms with Gasteiger partial charge in [0.2, 0.25) is 5.91 Å². The van der Waals surface area contributed by atoms with Crippen LogP contribution in [-0.4, -0.2) is 43.3 Å². The number of alkyl halides is 1. The van der Waals surface area contributed by atoms with Crippen LogP contribution >= 0.6 is 0 Å². The zero-order valence-electron chi connectivity index (χ0n) is 21.8. The van der Waals surface area contributed by atoms with Crippen molar-refractivity contribution in [1.29, 1.82) is 0 Å². The highest BCUT2D eigenvalue weighted by Crippen LogP contribution is 2.38. The summed E-state index contributed by atoms with van der Waals surface area (Å²) < 4.78 is 39.0. The minimum absolute atomic E-state index is 0.158. The Labute approximate surface area is 223 Å². The zero-order chi connectivity index (χ0) is 26.9. The Bertz CT molecular complexity index is 1500. The predicted molar refractivity (Wildman–Crippen MR) is 149 cm³/mol. The van der Waals surface area contributed by atoms with Gasteiger partial charge in [-0.05, 0) is 79.3 Å². The van der Waals surface area contributed by atoms with E-state index < -0.39 is 16.0 Å². The number of aromatic amines is 1. The summed E-state index contributed by atoms with van der Waals surface area (Å²) in [5.74, 6) is 1.56. The second-order valence-corrected chi connectivity index (χ2v) is 12.5. The second kappa shape index (κ2) is 10.8. The average molecular weight is 536 g/mol. The van der Waals surface area contributed by atoms with Crippen LogP contribution in [0.2, 0.25) is 0 Å². The summed E-state index contributed by atoms with van der Waals surface area (Å²) in [6, 6.07) is 13.2. The summed E-state index contributed by atoms with van der Waals surface area (Å²) in [5, 5.41) is 2.90. The van der Waals surface area contributed by atoms with E-state index in [0.717, 1.165) is 43.1 Å². The topological polar surface area (TPSA) is 91.9 Å². The lowest BCUT2D eigenvalue weighted by atomic mass is 9.77. The van der Waals surface area contributed by atoms with Crippen LogP contribution in [0.5, 0.6) is 0 Å². The fraction of sp³-hybridized carbons (Fsp3) is 0.400. The van der Waals surface area contributed by atoms with E-state index in [1.54, 1.807) is 12.1 Å². The molecule has 1 saturated carbocycles. The SMILES string of the molecule is CCNC(=O)CC1CCC(c2ccc(C3=CC=C(c4nc5cc(S(C)(=O)=O)ccc5[nH]4)C(F)C3)cc2)CC1. The van der Waals surface area contributed by atoms with E-state index in [-0.39, 0.29) is 17.2 Å². The third-order valence-electron chi connectivity index (χ3n) is 7.80. The van der Waals surface area contributed by atoms with Gasteiger partial charge in [0.05, 0.1) is 15.9 Å². The van der Waals surface area contributed by atoms with E-state index in [1.807, 2.05) is 13.0 Å². The molecule has 1 atom stereocenters. The fourth-order valence-corrected chi connectivity index (χ4v) is 6.30. The third kappa shape index (κ3) is 5.75. The van der Waals surface area contributed by atoms with Gasteiger partial charge in [-0.15, -0.1) is 0 Å². The minimum atomic E-state index is -3.34. The van der Waals surface area contributed by atoms with Gasteiger partial charge < -0.3 is 10.3 Å². The molecule has 1 aromatic heterocycles. The number of sulfone groups is 1. The highest BCUT2D eigenvalue weighted by Gasteiger charge is 2.26. The van der Waals surface area contributed by atoms with Crippen molar-refractivity contribution in [2.45, 2.75) is 62.4 Å². The van der Waals surface area contributed by atoms with E-state index in [4.69, 9.17) is 0 Å². The molecule has 2 aliphatic rings. The van der Waals surface area contributed by atoms with Crippen molar-refractivity contribution in [2.75, 3.05) is 12.8 Å². The molecule has 200 valence electrons. The predicted octanol–water partition coefficient (Wildman–Crippen LogP) is 5.98. The molecule has 0 saturated heterocycles. The summed E-state index contributed by atoms with van der Waals surface area (Å²) in [4.78, 5) is 19.7. The van der Waals surface area contributed by atoms with Crippen molar-refractivity contribution in [3.8, 4) is 0 Å². The number of fused-ring (bicyclic) bond motifs is 1. The lowest BCUT2D eigenvalue weighted by Crippen LogP contribution is -2.26. The van der Waals surface area contributed by atoms with Crippen molar-refractivity contribution in [3.63, 3.8) is 0 Å². The number of amides is 1. The lowest BCUT2D eigenvalue weighted by Gasteiger charge is -2.28. The second-order valence-electron chi connectivity index (χ2n) is 10.5. The Kier molecular flexibility index (Phi) is 7.52. The van der Waals surface area contributed by atoms with Crippen LogP contribution in [0.4, 0.5) is 4.39 Å². The maximum Gasteiger partial charge on any atom is 0.220 e. The molecule has 6 nitrogen and oxygen atoms in total. The number of allylic oxidation sites excluding steroid dienone is 4. The van der Waals surface area contributed by atoms with Crippen molar-refractivity contribution in [1.82, 2.24) is 15.3 Å². The van der Waals surface area contributed by atoms with Gasteiger partial charge in [-0.25, -0.2) is 17.8 Å². The molecule has 1 fully saturated rings.